The second-order valence-electron chi connectivity index (χ2n) is 5.63. The summed E-state index contributed by atoms with van der Waals surface area (Å²) >= 11 is 0. The van der Waals surface area contributed by atoms with Gasteiger partial charge in [-0.05, 0) is 24.2 Å². The topological polar surface area (TPSA) is 29.5 Å². The molecule has 1 N–H and O–H groups in total. The fourth-order valence-corrected chi connectivity index (χ4v) is 2.22. The molecule has 16 heavy (non-hydrogen) atoms. The quantitative estimate of drug-likeness (QED) is 0.816. The highest BCUT2D eigenvalue weighted by Gasteiger charge is 2.39. The molecule has 1 rings (SSSR count). The zero-order chi connectivity index (χ0) is 12.4. The Morgan fingerprint density at radius 2 is 1.75 bits per heavy atom. The molecular weight excluding hydrogens is 216 g/mol. The molecule has 0 fully saturated rings. The first-order valence-corrected chi connectivity index (χ1v) is 8.56. The van der Waals surface area contributed by atoms with Gasteiger partial charge in [0.25, 0.3) is 0 Å². The summed E-state index contributed by atoms with van der Waals surface area (Å²) in [4.78, 5) is 0. The average molecular weight is 238 g/mol. The fourth-order valence-electron chi connectivity index (χ4n) is 1.16. The second kappa shape index (κ2) is 4.59. The molecule has 2 nitrogen and oxygen atoms in total. The van der Waals surface area contributed by atoms with E-state index >= 15 is 0 Å². The van der Waals surface area contributed by atoms with Crippen LogP contribution < -0.4 is 4.43 Å². The van der Waals surface area contributed by atoms with Gasteiger partial charge < -0.3 is 9.53 Å². The zero-order valence-electron chi connectivity index (χ0n) is 10.9. The van der Waals surface area contributed by atoms with Crippen molar-refractivity contribution < 1.29 is 9.53 Å². The summed E-state index contributed by atoms with van der Waals surface area (Å²) in [7, 11) is -1.80. The van der Waals surface area contributed by atoms with Crippen LogP contribution in [0.15, 0.2) is 24.3 Å². The molecule has 90 valence electrons. The summed E-state index contributed by atoms with van der Waals surface area (Å²) in [6, 6.07) is 7.71. The van der Waals surface area contributed by atoms with Crippen LogP contribution in [0.5, 0.6) is 5.75 Å². The highest BCUT2D eigenvalue weighted by molar-refractivity contribution is 6.74. The highest BCUT2D eigenvalue weighted by atomic mass is 28.4. The molecule has 0 heterocycles. The minimum Gasteiger partial charge on any atom is -0.543 e. The summed E-state index contributed by atoms with van der Waals surface area (Å²) in [5.74, 6) is 0.830. The molecule has 0 spiro atoms. The Morgan fingerprint density at radius 1 is 1.19 bits per heavy atom. The molecule has 0 saturated heterocycles. The highest BCUT2D eigenvalue weighted by Crippen LogP contribution is 2.38. The molecule has 0 unspecified atom stereocenters. The normalized spacial score (nSPS) is 12.6. The molecule has 0 aliphatic carbocycles. The van der Waals surface area contributed by atoms with Gasteiger partial charge >= 0.3 is 0 Å². The molecule has 0 aromatic heterocycles. The third-order valence-corrected chi connectivity index (χ3v) is 7.66. The van der Waals surface area contributed by atoms with Crippen LogP contribution in [0.4, 0.5) is 0 Å². The summed E-state index contributed by atoms with van der Waals surface area (Å²) < 4.78 is 6.17. The number of hydrogen-bond acceptors (Lipinski definition) is 2. The van der Waals surface area contributed by atoms with E-state index in [9.17, 15) is 5.11 Å². The summed E-state index contributed by atoms with van der Waals surface area (Å²) in [6.45, 7) is 11.1. The third kappa shape index (κ3) is 2.86. The van der Waals surface area contributed by atoms with Crippen molar-refractivity contribution in [1.29, 1.82) is 0 Å². The lowest BCUT2D eigenvalue weighted by molar-refractivity contribution is 0.277. The molecular formula is C13H22O2Si. The van der Waals surface area contributed by atoms with Crippen molar-refractivity contribution >= 4 is 8.32 Å². The predicted octanol–water partition coefficient (Wildman–Crippen LogP) is 3.56. The second-order valence-corrected chi connectivity index (χ2v) is 10.4. The van der Waals surface area contributed by atoms with Gasteiger partial charge in [0.1, 0.15) is 5.75 Å². The van der Waals surface area contributed by atoms with Gasteiger partial charge in [0, 0.05) is 5.56 Å². The van der Waals surface area contributed by atoms with E-state index in [0.717, 1.165) is 11.3 Å². The fraction of sp³-hybridized carbons (Fsp3) is 0.538. The number of benzene rings is 1. The maximum Gasteiger partial charge on any atom is 0.250 e. The predicted molar refractivity (Wildman–Crippen MR) is 70.2 cm³/mol. The van der Waals surface area contributed by atoms with Crippen LogP contribution in [0, 0.1) is 0 Å². The van der Waals surface area contributed by atoms with Gasteiger partial charge in [0.2, 0.25) is 8.32 Å². The molecule has 0 radical (unpaired) electrons. The van der Waals surface area contributed by atoms with Crippen LogP contribution >= 0.6 is 0 Å². The van der Waals surface area contributed by atoms with Crippen molar-refractivity contribution in [3.8, 4) is 5.75 Å². The van der Waals surface area contributed by atoms with Crippen molar-refractivity contribution in [2.45, 2.75) is 45.5 Å². The van der Waals surface area contributed by atoms with E-state index in [0.29, 0.717) is 0 Å². The van der Waals surface area contributed by atoms with Crippen molar-refractivity contribution in [2.24, 2.45) is 0 Å². The molecule has 0 atom stereocenters. The van der Waals surface area contributed by atoms with Crippen molar-refractivity contribution in [3.63, 3.8) is 0 Å². The van der Waals surface area contributed by atoms with Crippen LogP contribution in [-0.2, 0) is 6.61 Å². The lowest BCUT2D eigenvalue weighted by atomic mass is 10.2. The van der Waals surface area contributed by atoms with Crippen LogP contribution in [0.3, 0.4) is 0 Å². The lowest BCUT2D eigenvalue weighted by Crippen LogP contribution is -2.44. The Hall–Kier alpha value is -0.803. The molecule has 0 bridgehead atoms. The molecule has 1 aromatic rings. The third-order valence-electron chi connectivity index (χ3n) is 3.31. The van der Waals surface area contributed by atoms with Crippen LogP contribution in [0.1, 0.15) is 26.3 Å². The van der Waals surface area contributed by atoms with Gasteiger partial charge in [-0.25, -0.2) is 0 Å². The van der Waals surface area contributed by atoms with Crippen molar-refractivity contribution in [2.75, 3.05) is 0 Å². The van der Waals surface area contributed by atoms with Gasteiger partial charge in [-0.3, -0.25) is 0 Å². The van der Waals surface area contributed by atoms with Crippen molar-refractivity contribution in [3.05, 3.63) is 29.8 Å². The van der Waals surface area contributed by atoms with Gasteiger partial charge in [-0.2, -0.15) is 0 Å². The first kappa shape index (κ1) is 13.3. The van der Waals surface area contributed by atoms with Gasteiger partial charge in [0.05, 0.1) is 6.61 Å². The minimum absolute atomic E-state index is 0.0325. The first-order valence-electron chi connectivity index (χ1n) is 5.66. The number of aliphatic hydroxyl groups excluding tert-OH is 1. The van der Waals surface area contributed by atoms with Gasteiger partial charge in [-0.1, -0.05) is 39.0 Å². The van der Waals surface area contributed by atoms with E-state index in [4.69, 9.17) is 4.43 Å². The Morgan fingerprint density at radius 3 is 2.25 bits per heavy atom. The zero-order valence-corrected chi connectivity index (χ0v) is 11.9. The molecule has 0 aliphatic heterocycles. The van der Waals surface area contributed by atoms with Gasteiger partial charge in [-0.15, -0.1) is 0 Å². The lowest BCUT2D eigenvalue weighted by Gasteiger charge is -2.37. The maximum atomic E-state index is 9.25. The monoisotopic (exact) mass is 238 g/mol. The van der Waals surface area contributed by atoms with Crippen LogP contribution in [0.25, 0.3) is 0 Å². The number of hydrogen-bond donors (Lipinski definition) is 1. The standard InChI is InChI=1S/C13H22O2Si/c1-13(2,3)16(4,5)15-12-9-7-6-8-11(12)10-14/h6-9,14H,10H2,1-5H3. The molecule has 0 aliphatic rings. The van der Waals surface area contributed by atoms with Crippen molar-refractivity contribution in [1.82, 2.24) is 0 Å². The Balaban J connectivity index is 2.96. The maximum absolute atomic E-state index is 9.25. The van der Waals surface area contributed by atoms with E-state index in [1.165, 1.54) is 0 Å². The van der Waals surface area contributed by atoms with E-state index < -0.39 is 8.32 Å². The minimum atomic E-state index is -1.80. The number of aliphatic hydroxyl groups is 1. The average Bonchev–Trinajstić information content (AvgIpc) is 2.16. The van der Waals surface area contributed by atoms with Gasteiger partial charge in [0.15, 0.2) is 0 Å². The first-order chi connectivity index (χ1) is 7.28. The Bertz CT molecular complexity index is 353. The van der Waals surface area contributed by atoms with Crippen LogP contribution in [0.2, 0.25) is 18.1 Å². The van der Waals surface area contributed by atoms with E-state index in [1.807, 2.05) is 24.3 Å². The smallest absolute Gasteiger partial charge is 0.250 e. The van der Waals surface area contributed by atoms with E-state index in [2.05, 4.69) is 33.9 Å². The summed E-state index contributed by atoms with van der Waals surface area (Å²) in [6.07, 6.45) is 0. The van der Waals surface area contributed by atoms with E-state index in [-0.39, 0.29) is 11.6 Å². The Labute approximate surface area is 99.4 Å². The van der Waals surface area contributed by atoms with Crippen LogP contribution in [-0.4, -0.2) is 13.4 Å². The number of para-hydroxylation sites is 1. The molecule has 3 heteroatoms. The largest absolute Gasteiger partial charge is 0.543 e. The molecule has 0 saturated carbocycles. The SMILES string of the molecule is CC(C)(C)[Si](C)(C)Oc1ccccc1CO. The molecule has 0 amide bonds. The number of rotatable bonds is 3. The molecule has 1 aromatic carbocycles. The van der Waals surface area contributed by atoms with E-state index in [1.54, 1.807) is 0 Å². The summed E-state index contributed by atoms with van der Waals surface area (Å²) in [5, 5.41) is 9.43. The summed E-state index contributed by atoms with van der Waals surface area (Å²) in [5.41, 5.74) is 0.868. The Kier molecular flexibility index (Phi) is 3.81.